The van der Waals surface area contributed by atoms with Crippen molar-refractivity contribution < 1.29 is 14.6 Å². The molecule has 2 rings (SSSR count). The number of carbonyl (C=O) groups is 1. The summed E-state index contributed by atoms with van der Waals surface area (Å²) >= 11 is 1.54. The molecular weight excluding hydrogens is 396 g/mol. The van der Waals surface area contributed by atoms with E-state index in [4.69, 9.17) is 4.74 Å². The van der Waals surface area contributed by atoms with E-state index in [1.54, 1.807) is 5.55 Å². The predicted molar refractivity (Wildman–Crippen MR) is 130 cm³/mol. The summed E-state index contributed by atoms with van der Waals surface area (Å²) < 4.78 is 6.29. The molecule has 6 heteroatoms. The van der Waals surface area contributed by atoms with Crippen molar-refractivity contribution in [3.05, 3.63) is 36.0 Å². The van der Waals surface area contributed by atoms with Crippen LogP contribution in [0.4, 0.5) is 0 Å². The van der Waals surface area contributed by atoms with Gasteiger partial charge in [0.15, 0.2) is 0 Å². The molecule has 1 fully saturated rings. The van der Waals surface area contributed by atoms with Crippen LogP contribution in [-0.4, -0.2) is 66.2 Å². The van der Waals surface area contributed by atoms with Crippen molar-refractivity contribution in [3.8, 4) is 0 Å². The molecule has 1 N–H and O–H groups in total. The summed E-state index contributed by atoms with van der Waals surface area (Å²) in [6, 6.07) is 0. The molecule has 0 saturated carbocycles. The van der Waals surface area contributed by atoms with Gasteiger partial charge < -0.3 is 14.7 Å². The van der Waals surface area contributed by atoms with Gasteiger partial charge in [-0.1, -0.05) is 32.1 Å². The molecule has 0 radical (unpaired) electrons. The Morgan fingerprint density at radius 3 is 2.83 bits per heavy atom. The molecule has 170 valence electrons. The Kier molecular flexibility index (Phi) is 13.0. The van der Waals surface area contributed by atoms with Gasteiger partial charge in [-0.2, -0.15) is 0 Å². The van der Waals surface area contributed by atoms with Crippen LogP contribution in [-0.2, 0) is 9.53 Å². The largest absolute Gasteiger partial charge is 0.481 e. The van der Waals surface area contributed by atoms with Crippen molar-refractivity contribution in [2.75, 3.05) is 39.0 Å². The van der Waals surface area contributed by atoms with Crippen LogP contribution in [0.25, 0.3) is 0 Å². The molecule has 30 heavy (non-hydrogen) atoms. The fourth-order valence-corrected chi connectivity index (χ4v) is 4.29. The maximum Gasteiger partial charge on any atom is 0.307 e. The lowest BCUT2D eigenvalue weighted by Crippen LogP contribution is -2.36. The highest BCUT2D eigenvalue weighted by Gasteiger charge is 2.40. The third kappa shape index (κ3) is 8.05. The summed E-state index contributed by atoms with van der Waals surface area (Å²) in [6.45, 7) is 13.6. The zero-order chi connectivity index (χ0) is 22.4. The van der Waals surface area contributed by atoms with E-state index in [9.17, 15) is 9.90 Å². The summed E-state index contributed by atoms with van der Waals surface area (Å²) in [5.41, 5.74) is 4.23. The molecule has 2 atom stereocenters. The first-order valence-corrected chi connectivity index (χ1v) is 12.4. The summed E-state index contributed by atoms with van der Waals surface area (Å²) in [4.78, 5) is 18.2. The number of carboxylic acid groups (broad SMARTS) is 1. The van der Waals surface area contributed by atoms with Crippen molar-refractivity contribution in [3.63, 3.8) is 0 Å². The number of nitrogens with zero attached hydrogens (tertiary/aromatic N) is 2. The highest BCUT2D eigenvalue weighted by atomic mass is 32.2. The molecular formula is C24H40N2O3S. The summed E-state index contributed by atoms with van der Waals surface area (Å²) in [7, 11) is 0. The lowest BCUT2D eigenvalue weighted by atomic mass is 9.86. The van der Waals surface area contributed by atoms with Crippen molar-refractivity contribution in [1.29, 1.82) is 0 Å². The molecule has 1 spiro atoms. The van der Waals surface area contributed by atoms with Gasteiger partial charge in [0.2, 0.25) is 0 Å². The minimum Gasteiger partial charge on any atom is -0.481 e. The number of ether oxygens (including phenoxy) is 1. The van der Waals surface area contributed by atoms with E-state index >= 15 is 0 Å². The van der Waals surface area contributed by atoms with E-state index in [2.05, 4.69) is 35.5 Å². The van der Waals surface area contributed by atoms with Gasteiger partial charge in [0.05, 0.1) is 23.7 Å². The van der Waals surface area contributed by atoms with Crippen LogP contribution in [0.1, 0.15) is 52.9 Å². The monoisotopic (exact) mass is 436 g/mol. The van der Waals surface area contributed by atoms with Gasteiger partial charge in [-0.25, -0.2) is 0 Å². The minimum atomic E-state index is -0.721. The Morgan fingerprint density at radius 1 is 1.40 bits per heavy atom. The average molecular weight is 437 g/mol. The van der Waals surface area contributed by atoms with Crippen LogP contribution < -0.4 is 0 Å². The van der Waals surface area contributed by atoms with E-state index in [0.717, 1.165) is 38.8 Å². The van der Waals surface area contributed by atoms with Gasteiger partial charge >= 0.3 is 5.97 Å². The van der Waals surface area contributed by atoms with Gasteiger partial charge in [0.1, 0.15) is 0 Å². The number of aliphatic imine (C=N–C) groups is 1. The fraction of sp³-hybridized carbons (Fsp3) is 0.667. The molecule has 2 unspecified atom stereocenters. The van der Waals surface area contributed by atoms with Crippen molar-refractivity contribution in [2.45, 2.75) is 58.5 Å². The topological polar surface area (TPSA) is 62.1 Å². The first-order chi connectivity index (χ1) is 14.5. The maximum atomic E-state index is 11.7. The number of carboxylic acids is 1. The fourth-order valence-electron chi connectivity index (χ4n) is 4.03. The van der Waals surface area contributed by atoms with Crippen LogP contribution in [0.5, 0.6) is 0 Å². The Balaban J connectivity index is 0.00000218. The smallest absolute Gasteiger partial charge is 0.307 e. The molecule has 2 heterocycles. The van der Waals surface area contributed by atoms with Gasteiger partial charge in [-0.05, 0) is 63.0 Å². The number of likely N-dealkylation sites (tertiary alicyclic amines) is 1. The molecule has 0 aromatic heterocycles. The van der Waals surface area contributed by atoms with E-state index in [1.807, 2.05) is 26.2 Å². The highest BCUT2D eigenvalue weighted by Crippen LogP contribution is 2.40. The van der Waals surface area contributed by atoms with E-state index in [1.165, 1.54) is 22.9 Å². The predicted octanol–water partition coefficient (Wildman–Crippen LogP) is 5.20. The van der Waals surface area contributed by atoms with Crippen LogP contribution in [0.15, 0.2) is 40.9 Å². The van der Waals surface area contributed by atoms with E-state index in [-0.39, 0.29) is 11.5 Å². The summed E-state index contributed by atoms with van der Waals surface area (Å²) in [5.74, 6) is -1.09. The molecule has 0 aromatic carbocycles. The number of hydrogen-bond donors (Lipinski definition) is 1. The number of hydrogen-bond acceptors (Lipinski definition) is 5. The second-order valence-electron chi connectivity index (χ2n) is 7.59. The Hall–Kier alpha value is -1.37. The molecule has 2 aliphatic rings. The second-order valence-corrected chi connectivity index (χ2v) is 8.27. The standard InChI is InChI=1S/C22H34N2O3S.C2H6/c1-4-5-6-8-20-16-27-22(18(20)2)10-7-13-24(14-11-22)15-19(21(25)26)9-12-23-17-28-3;1-2/h4,6,8,17,19H,1,5,7,9-16H2,2-3H3,(H,25,26);1-2H3/b8-6-,23-17?;. The first kappa shape index (κ1) is 26.7. The first-order valence-electron chi connectivity index (χ1n) is 11.1. The molecule has 1 saturated heterocycles. The van der Waals surface area contributed by atoms with Gasteiger partial charge in [0.25, 0.3) is 0 Å². The van der Waals surface area contributed by atoms with Crippen LogP contribution in [0, 0.1) is 5.92 Å². The molecule has 0 amide bonds. The Labute approximate surface area is 187 Å². The van der Waals surface area contributed by atoms with Crippen LogP contribution in [0.3, 0.4) is 0 Å². The molecule has 0 aliphatic carbocycles. The summed E-state index contributed by atoms with van der Waals surface area (Å²) in [6.07, 6.45) is 12.6. The normalized spacial score (nSPS) is 23.6. The lowest BCUT2D eigenvalue weighted by Gasteiger charge is -2.29. The molecule has 0 aromatic rings. The van der Waals surface area contributed by atoms with Crippen molar-refractivity contribution in [1.82, 2.24) is 4.90 Å². The summed E-state index contributed by atoms with van der Waals surface area (Å²) in [5, 5.41) is 9.58. The molecule has 5 nitrogen and oxygen atoms in total. The number of thioether (sulfide) groups is 1. The SMILES string of the molecule is C=CC/C=C\C1=C(C)C2(CCCN(CC(CCN=CSC)C(=O)O)CC2)OC1.CC. The third-order valence-corrected chi connectivity index (χ3v) is 6.15. The Morgan fingerprint density at radius 2 is 2.17 bits per heavy atom. The second kappa shape index (κ2) is 14.6. The number of aliphatic carboxylic acids is 1. The zero-order valence-corrected chi connectivity index (χ0v) is 20.0. The van der Waals surface area contributed by atoms with Crippen molar-refractivity contribution in [2.24, 2.45) is 10.9 Å². The van der Waals surface area contributed by atoms with Crippen molar-refractivity contribution >= 4 is 23.3 Å². The number of allylic oxidation sites excluding steroid dienone is 2. The Bertz CT molecular complexity index is 630. The average Bonchev–Trinajstić information content (AvgIpc) is 2.91. The molecule has 0 bridgehead atoms. The quantitative estimate of drug-likeness (QED) is 0.290. The zero-order valence-electron chi connectivity index (χ0n) is 19.2. The van der Waals surface area contributed by atoms with Crippen LogP contribution in [0.2, 0.25) is 0 Å². The van der Waals surface area contributed by atoms with Gasteiger partial charge in [0, 0.05) is 19.6 Å². The van der Waals surface area contributed by atoms with Crippen LogP contribution >= 0.6 is 11.8 Å². The number of rotatable bonds is 10. The van der Waals surface area contributed by atoms with Gasteiger partial charge in [-0.3, -0.25) is 9.79 Å². The van der Waals surface area contributed by atoms with E-state index in [0.29, 0.717) is 26.1 Å². The minimum absolute atomic E-state index is 0.177. The maximum absolute atomic E-state index is 11.7. The molecule has 2 aliphatic heterocycles. The third-order valence-electron chi connectivity index (χ3n) is 5.79. The van der Waals surface area contributed by atoms with E-state index < -0.39 is 5.97 Å². The van der Waals surface area contributed by atoms with Gasteiger partial charge in [-0.15, -0.1) is 18.3 Å². The highest BCUT2D eigenvalue weighted by molar-refractivity contribution is 8.11. The lowest BCUT2D eigenvalue weighted by molar-refractivity contribution is -0.142.